The van der Waals surface area contributed by atoms with Crippen LogP contribution in [0.3, 0.4) is 0 Å². The summed E-state index contributed by atoms with van der Waals surface area (Å²) in [6, 6.07) is 3.16. The van der Waals surface area contributed by atoms with E-state index in [9.17, 15) is 14.0 Å². The number of urea groups is 1. The molecule has 3 aliphatic heterocycles. The van der Waals surface area contributed by atoms with Crippen LogP contribution in [0.2, 0.25) is 5.02 Å². The van der Waals surface area contributed by atoms with E-state index in [-0.39, 0.29) is 29.3 Å². The molecule has 4 rings (SSSR count). The fourth-order valence-corrected chi connectivity index (χ4v) is 4.53. The molecule has 3 amide bonds. The van der Waals surface area contributed by atoms with Crippen LogP contribution in [0.1, 0.15) is 19.4 Å². The van der Waals surface area contributed by atoms with Gasteiger partial charge in [-0.15, -0.1) is 0 Å². The predicted molar refractivity (Wildman–Crippen MR) is 113 cm³/mol. The number of rotatable bonds is 6. The Labute approximate surface area is 185 Å². The van der Waals surface area contributed by atoms with Crippen molar-refractivity contribution in [2.75, 3.05) is 33.4 Å². The van der Waals surface area contributed by atoms with E-state index in [2.05, 4.69) is 10.4 Å². The average molecular weight is 453 g/mol. The van der Waals surface area contributed by atoms with Gasteiger partial charge in [0.15, 0.2) is 6.29 Å². The lowest BCUT2D eigenvalue weighted by Crippen LogP contribution is -2.66. The Hall–Kier alpha value is -2.27. The van der Waals surface area contributed by atoms with Crippen LogP contribution < -0.4 is 5.32 Å². The molecule has 0 aliphatic carbocycles. The first-order valence-electron chi connectivity index (χ1n) is 10.2. The Kier molecular flexibility index (Phi) is 6.16. The second kappa shape index (κ2) is 8.70. The number of carbonyl (C=O) groups is 2. The highest BCUT2D eigenvalue weighted by molar-refractivity contribution is 6.31. The van der Waals surface area contributed by atoms with Gasteiger partial charge in [-0.1, -0.05) is 17.7 Å². The predicted octanol–water partition coefficient (Wildman–Crippen LogP) is 1.48. The molecule has 1 aromatic carbocycles. The zero-order valence-corrected chi connectivity index (χ0v) is 18.5. The van der Waals surface area contributed by atoms with E-state index in [1.54, 1.807) is 13.1 Å². The summed E-state index contributed by atoms with van der Waals surface area (Å²) in [5.74, 6) is -0.940. The third kappa shape index (κ3) is 3.89. The molecular weight excluding hydrogens is 427 g/mol. The number of hydrogen-bond donors (Lipinski definition) is 1. The number of nitrogens with one attached hydrogen (secondary N) is 1. The summed E-state index contributed by atoms with van der Waals surface area (Å²) >= 11 is 6.14. The number of nitrogens with zero attached hydrogens (tertiary/aromatic N) is 5. The average Bonchev–Trinajstić information content (AvgIpc) is 3.11. The second-order valence-corrected chi connectivity index (χ2v) is 8.22. The first kappa shape index (κ1) is 21.9. The number of hydrogen-bond acceptors (Lipinski definition) is 7. The van der Waals surface area contributed by atoms with Crippen LogP contribution in [-0.2, 0) is 16.1 Å². The van der Waals surface area contributed by atoms with Crippen LogP contribution in [0.4, 0.5) is 9.18 Å². The summed E-state index contributed by atoms with van der Waals surface area (Å²) in [7, 11) is 1.63. The van der Waals surface area contributed by atoms with Crippen LogP contribution in [0.5, 0.6) is 0 Å². The third-order valence-corrected chi connectivity index (χ3v) is 6.15. The van der Waals surface area contributed by atoms with Crippen molar-refractivity contribution in [3.05, 3.63) is 34.6 Å². The van der Waals surface area contributed by atoms with Crippen LogP contribution in [-0.4, -0.2) is 89.2 Å². The first-order chi connectivity index (χ1) is 14.8. The highest BCUT2D eigenvalue weighted by Gasteiger charge is 2.56. The molecule has 3 atom stereocenters. The minimum atomic E-state index is -0.627. The van der Waals surface area contributed by atoms with Gasteiger partial charge >= 0.3 is 6.03 Å². The lowest BCUT2D eigenvalue weighted by molar-refractivity contribution is -0.139. The molecule has 3 unspecified atom stereocenters. The van der Waals surface area contributed by atoms with Gasteiger partial charge in [0, 0.05) is 36.5 Å². The maximum absolute atomic E-state index is 14.3. The Morgan fingerprint density at radius 1 is 1.35 bits per heavy atom. The van der Waals surface area contributed by atoms with Crippen LogP contribution in [0.25, 0.3) is 0 Å². The second-order valence-electron chi connectivity index (χ2n) is 7.82. The van der Waals surface area contributed by atoms with Gasteiger partial charge in [-0.05, 0) is 26.0 Å². The van der Waals surface area contributed by atoms with Crippen molar-refractivity contribution in [2.45, 2.75) is 38.9 Å². The summed E-state index contributed by atoms with van der Waals surface area (Å²) < 4.78 is 19.8. The first-order valence-corrected chi connectivity index (χ1v) is 10.6. The zero-order chi connectivity index (χ0) is 22.3. The molecule has 3 aliphatic rings. The smallest absolute Gasteiger partial charge is 0.328 e. The van der Waals surface area contributed by atoms with E-state index < -0.39 is 24.1 Å². The van der Waals surface area contributed by atoms with Gasteiger partial charge < -0.3 is 9.64 Å². The highest BCUT2D eigenvalue weighted by Crippen LogP contribution is 2.32. The molecule has 9 nitrogen and oxygen atoms in total. The minimum Gasteiger partial charge on any atom is -0.380 e. The van der Waals surface area contributed by atoms with Gasteiger partial charge in [0.25, 0.3) is 5.91 Å². The number of carbonyl (C=O) groups excluding carboxylic acids is 2. The number of hydrazone groups is 1. The highest BCUT2D eigenvalue weighted by atomic mass is 35.5. The van der Waals surface area contributed by atoms with Crippen LogP contribution in [0.15, 0.2) is 23.3 Å². The summed E-state index contributed by atoms with van der Waals surface area (Å²) in [5, 5.41) is 9.98. The molecule has 0 aromatic heterocycles. The number of likely N-dealkylation sites (N-methyl/N-ethyl adjacent to an activating group) is 1. The molecule has 0 saturated carbocycles. The summed E-state index contributed by atoms with van der Waals surface area (Å²) in [6.45, 7) is 5.72. The van der Waals surface area contributed by atoms with E-state index in [0.29, 0.717) is 26.3 Å². The van der Waals surface area contributed by atoms with Crippen LogP contribution in [0, 0.1) is 5.82 Å². The van der Waals surface area contributed by atoms with Crippen LogP contribution >= 0.6 is 11.6 Å². The monoisotopic (exact) mass is 452 g/mol. The van der Waals surface area contributed by atoms with Gasteiger partial charge in [0.05, 0.1) is 19.7 Å². The number of halogens is 2. The normalized spacial score (nSPS) is 26.3. The summed E-state index contributed by atoms with van der Waals surface area (Å²) in [5.41, 5.74) is 0.973. The van der Waals surface area contributed by atoms with Gasteiger partial charge in [0.2, 0.25) is 0 Å². The van der Waals surface area contributed by atoms with Crippen molar-refractivity contribution in [1.29, 1.82) is 0 Å². The number of fused-ring (bicyclic) bond motifs is 3. The third-order valence-electron chi connectivity index (χ3n) is 5.80. The maximum Gasteiger partial charge on any atom is 0.328 e. The molecule has 168 valence electrons. The number of amides is 3. The quantitative estimate of drug-likeness (QED) is 0.659. The SMILES string of the molecule is CCOCCN1N=C(C)CN2C3C(=O)N(Cc4c(F)cccc4Cl)C(=O)N(C)C3NC12. The number of imide groups is 1. The van der Waals surface area contributed by atoms with E-state index in [1.807, 2.05) is 23.8 Å². The molecule has 0 radical (unpaired) electrons. The van der Waals surface area contributed by atoms with Crippen molar-refractivity contribution < 1.29 is 18.7 Å². The van der Waals surface area contributed by atoms with E-state index in [0.717, 1.165) is 10.6 Å². The minimum absolute atomic E-state index is 0.120. The largest absolute Gasteiger partial charge is 0.380 e. The molecule has 31 heavy (non-hydrogen) atoms. The van der Waals surface area contributed by atoms with Gasteiger partial charge in [-0.25, -0.2) is 14.1 Å². The van der Waals surface area contributed by atoms with Crippen molar-refractivity contribution in [1.82, 2.24) is 25.0 Å². The zero-order valence-electron chi connectivity index (χ0n) is 17.7. The molecule has 1 N–H and O–H groups in total. The van der Waals surface area contributed by atoms with Crippen molar-refractivity contribution >= 4 is 29.3 Å². The number of ether oxygens (including phenoxy) is 1. The van der Waals surface area contributed by atoms with Crippen molar-refractivity contribution in [3.8, 4) is 0 Å². The van der Waals surface area contributed by atoms with Gasteiger partial charge in [-0.3, -0.25) is 20.0 Å². The van der Waals surface area contributed by atoms with E-state index >= 15 is 0 Å². The van der Waals surface area contributed by atoms with E-state index in [1.165, 1.54) is 17.0 Å². The Morgan fingerprint density at radius 3 is 2.84 bits per heavy atom. The Balaban J connectivity index is 1.60. The van der Waals surface area contributed by atoms with Crippen molar-refractivity contribution in [2.24, 2.45) is 5.10 Å². The maximum atomic E-state index is 14.3. The fourth-order valence-electron chi connectivity index (χ4n) is 4.31. The molecular formula is C20H26ClFN6O3. The molecule has 1 aromatic rings. The Bertz CT molecular complexity index is 895. The number of benzene rings is 1. The molecule has 2 fully saturated rings. The van der Waals surface area contributed by atoms with Gasteiger partial charge in [0.1, 0.15) is 18.0 Å². The Morgan fingerprint density at radius 2 is 2.13 bits per heavy atom. The lowest BCUT2D eigenvalue weighted by atomic mass is 10.1. The molecule has 0 spiro atoms. The molecule has 2 saturated heterocycles. The standard InChI is InChI=1S/C20H26ClFN6O3/c1-4-31-9-8-28-19-23-17-16(26(19)10-12(2)24-28)18(29)27(20(30)25(17)3)11-13-14(21)6-5-7-15(13)22/h5-7,16-17,19,23H,4,8-11H2,1-3H3. The topological polar surface area (TPSA) is 80.7 Å². The molecule has 0 bridgehead atoms. The van der Waals surface area contributed by atoms with Gasteiger partial charge in [-0.2, -0.15) is 5.10 Å². The fraction of sp³-hybridized carbons (Fsp3) is 0.550. The lowest BCUT2D eigenvalue weighted by Gasteiger charge is -2.42. The molecule has 11 heteroatoms. The molecule has 3 heterocycles. The van der Waals surface area contributed by atoms with Crippen molar-refractivity contribution in [3.63, 3.8) is 0 Å². The summed E-state index contributed by atoms with van der Waals surface area (Å²) in [6.07, 6.45) is -0.872. The summed E-state index contributed by atoms with van der Waals surface area (Å²) in [4.78, 5) is 31.0. The van der Waals surface area contributed by atoms with E-state index in [4.69, 9.17) is 16.3 Å².